The number of nitrogens with two attached hydrogens (primary N) is 1. The first-order valence-electron chi connectivity index (χ1n) is 3.75. The third kappa shape index (κ3) is 2.06. The van der Waals surface area contributed by atoms with Gasteiger partial charge in [0.1, 0.15) is 0 Å². The van der Waals surface area contributed by atoms with Crippen LogP contribution in [0.4, 0.5) is 0 Å². The summed E-state index contributed by atoms with van der Waals surface area (Å²) in [6, 6.07) is 0. The molecule has 11 heavy (non-hydrogen) atoms. The molecule has 0 bridgehead atoms. The van der Waals surface area contributed by atoms with Crippen LogP contribution in [0.2, 0.25) is 0 Å². The predicted molar refractivity (Wildman–Crippen MR) is 42.9 cm³/mol. The summed E-state index contributed by atoms with van der Waals surface area (Å²) in [5.74, 6) is 5.91. The maximum Gasteiger partial charge on any atom is 0.208 e. The van der Waals surface area contributed by atoms with Gasteiger partial charge in [0.05, 0.1) is 6.61 Å². The minimum absolute atomic E-state index is 0.140. The van der Waals surface area contributed by atoms with E-state index in [1.54, 1.807) is 0 Å². The maximum absolute atomic E-state index is 8.67. The Morgan fingerprint density at radius 3 is 3.18 bits per heavy atom. The van der Waals surface area contributed by atoms with Crippen molar-refractivity contribution < 1.29 is 5.11 Å². The molecule has 4 N–H and O–H groups in total. The summed E-state index contributed by atoms with van der Waals surface area (Å²) < 4.78 is 0. The van der Waals surface area contributed by atoms with Gasteiger partial charge in [0.15, 0.2) is 0 Å². The normalized spacial score (nSPS) is 18.0. The lowest BCUT2D eigenvalue weighted by atomic mass is 10.3. The number of aliphatic imine (C=N–C) groups is 1. The molecule has 5 heteroatoms. The SMILES string of the molecule is NNC1=NCCCN1CCO. The van der Waals surface area contributed by atoms with Crippen LogP contribution in [0.3, 0.4) is 0 Å². The topological polar surface area (TPSA) is 73.9 Å². The average Bonchev–Trinajstić information content (AvgIpc) is 2.06. The quantitative estimate of drug-likeness (QED) is 0.338. The van der Waals surface area contributed by atoms with Crippen LogP contribution in [0, 0.1) is 0 Å². The summed E-state index contributed by atoms with van der Waals surface area (Å²) in [5.41, 5.74) is 2.50. The second-order valence-electron chi connectivity index (χ2n) is 2.41. The fourth-order valence-electron chi connectivity index (χ4n) is 1.13. The van der Waals surface area contributed by atoms with E-state index in [4.69, 9.17) is 10.9 Å². The highest BCUT2D eigenvalue weighted by atomic mass is 16.3. The first kappa shape index (κ1) is 8.29. The molecule has 0 aromatic heterocycles. The number of hydrogen-bond acceptors (Lipinski definition) is 5. The first-order valence-corrected chi connectivity index (χ1v) is 3.75. The van der Waals surface area contributed by atoms with Crippen molar-refractivity contribution in [2.45, 2.75) is 6.42 Å². The van der Waals surface area contributed by atoms with Crippen molar-refractivity contribution in [2.24, 2.45) is 10.8 Å². The van der Waals surface area contributed by atoms with Gasteiger partial charge in [0.2, 0.25) is 5.96 Å². The van der Waals surface area contributed by atoms with Crippen LogP contribution < -0.4 is 11.3 Å². The molecular formula is C6H14N4O. The molecule has 0 atom stereocenters. The molecule has 1 aliphatic rings. The van der Waals surface area contributed by atoms with Gasteiger partial charge in [-0.25, -0.2) is 5.84 Å². The number of hydrazine groups is 1. The van der Waals surface area contributed by atoms with Crippen molar-refractivity contribution in [3.63, 3.8) is 0 Å². The van der Waals surface area contributed by atoms with Crippen molar-refractivity contribution in [3.8, 4) is 0 Å². The van der Waals surface area contributed by atoms with Gasteiger partial charge in [-0.05, 0) is 6.42 Å². The molecule has 0 aromatic carbocycles. The molecule has 0 aliphatic carbocycles. The summed E-state index contributed by atoms with van der Waals surface area (Å²) in [7, 11) is 0. The molecule has 1 rings (SSSR count). The van der Waals surface area contributed by atoms with Crippen LogP contribution in [-0.2, 0) is 0 Å². The van der Waals surface area contributed by atoms with Gasteiger partial charge in [-0.15, -0.1) is 0 Å². The average molecular weight is 158 g/mol. The van der Waals surface area contributed by atoms with E-state index in [2.05, 4.69) is 10.4 Å². The minimum Gasteiger partial charge on any atom is -0.395 e. The summed E-state index contributed by atoms with van der Waals surface area (Å²) in [6.45, 7) is 2.48. The number of hydrogen-bond donors (Lipinski definition) is 3. The zero-order valence-corrected chi connectivity index (χ0v) is 6.45. The number of nitrogens with zero attached hydrogens (tertiary/aromatic N) is 2. The second kappa shape index (κ2) is 4.15. The molecule has 0 spiro atoms. The molecule has 1 aliphatic heterocycles. The van der Waals surface area contributed by atoms with Crippen molar-refractivity contribution in [3.05, 3.63) is 0 Å². The third-order valence-electron chi connectivity index (χ3n) is 1.65. The van der Waals surface area contributed by atoms with Crippen LogP contribution >= 0.6 is 0 Å². The fraction of sp³-hybridized carbons (Fsp3) is 0.833. The number of aliphatic hydroxyl groups is 1. The van der Waals surface area contributed by atoms with Gasteiger partial charge in [-0.1, -0.05) is 0 Å². The Bertz CT molecular complexity index is 148. The number of β-amino-alcohol motifs (C(OH)–C–C–N with tert-alkyl or cyclic N) is 1. The number of aliphatic hydroxyl groups excluding tert-OH is 1. The van der Waals surface area contributed by atoms with Gasteiger partial charge in [-0.3, -0.25) is 10.4 Å². The summed E-state index contributed by atoms with van der Waals surface area (Å²) >= 11 is 0. The minimum atomic E-state index is 0.140. The van der Waals surface area contributed by atoms with Gasteiger partial charge in [0.25, 0.3) is 0 Å². The van der Waals surface area contributed by atoms with Crippen LogP contribution in [0.5, 0.6) is 0 Å². The smallest absolute Gasteiger partial charge is 0.208 e. The molecule has 0 fully saturated rings. The molecular weight excluding hydrogens is 144 g/mol. The van der Waals surface area contributed by atoms with Gasteiger partial charge in [0, 0.05) is 19.6 Å². The Labute approximate surface area is 65.9 Å². The maximum atomic E-state index is 8.67. The van der Waals surface area contributed by atoms with E-state index in [0.717, 1.165) is 19.5 Å². The molecule has 0 aromatic rings. The van der Waals surface area contributed by atoms with E-state index in [-0.39, 0.29) is 6.61 Å². The molecule has 0 saturated carbocycles. The second-order valence-corrected chi connectivity index (χ2v) is 2.41. The largest absolute Gasteiger partial charge is 0.395 e. The van der Waals surface area contributed by atoms with Crippen molar-refractivity contribution in [1.82, 2.24) is 10.3 Å². The zero-order chi connectivity index (χ0) is 8.10. The lowest BCUT2D eigenvalue weighted by Gasteiger charge is -2.27. The van der Waals surface area contributed by atoms with E-state index in [0.29, 0.717) is 12.5 Å². The highest BCUT2D eigenvalue weighted by Gasteiger charge is 2.12. The van der Waals surface area contributed by atoms with Gasteiger partial charge < -0.3 is 10.0 Å². The van der Waals surface area contributed by atoms with Crippen molar-refractivity contribution in [2.75, 3.05) is 26.2 Å². The van der Waals surface area contributed by atoms with Gasteiger partial charge >= 0.3 is 0 Å². The van der Waals surface area contributed by atoms with E-state index in [1.165, 1.54) is 0 Å². The first-order chi connectivity index (χ1) is 5.38. The highest BCUT2D eigenvalue weighted by molar-refractivity contribution is 5.79. The lowest BCUT2D eigenvalue weighted by Crippen LogP contribution is -2.48. The lowest BCUT2D eigenvalue weighted by molar-refractivity contribution is 0.241. The Morgan fingerprint density at radius 2 is 2.55 bits per heavy atom. The van der Waals surface area contributed by atoms with Gasteiger partial charge in [-0.2, -0.15) is 0 Å². The molecule has 1 heterocycles. The highest BCUT2D eigenvalue weighted by Crippen LogP contribution is 1.99. The van der Waals surface area contributed by atoms with Crippen LogP contribution in [0.1, 0.15) is 6.42 Å². The van der Waals surface area contributed by atoms with E-state index >= 15 is 0 Å². The molecule has 0 amide bonds. The molecule has 0 saturated heterocycles. The van der Waals surface area contributed by atoms with E-state index in [1.807, 2.05) is 4.90 Å². The van der Waals surface area contributed by atoms with E-state index in [9.17, 15) is 0 Å². The van der Waals surface area contributed by atoms with Crippen molar-refractivity contribution in [1.29, 1.82) is 0 Å². The Balaban J connectivity index is 2.47. The molecule has 0 radical (unpaired) electrons. The number of guanidine groups is 1. The third-order valence-corrected chi connectivity index (χ3v) is 1.65. The van der Waals surface area contributed by atoms with Crippen LogP contribution in [0.15, 0.2) is 4.99 Å². The monoisotopic (exact) mass is 158 g/mol. The Hall–Kier alpha value is -0.810. The predicted octanol–water partition coefficient (Wildman–Crippen LogP) is -1.50. The van der Waals surface area contributed by atoms with Crippen LogP contribution in [0.25, 0.3) is 0 Å². The zero-order valence-electron chi connectivity index (χ0n) is 6.45. The summed E-state index contributed by atoms with van der Waals surface area (Å²) in [4.78, 5) is 6.08. The van der Waals surface area contributed by atoms with Crippen molar-refractivity contribution >= 4 is 5.96 Å². The fourth-order valence-corrected chi connectivity index (χ4v) is 1.13. The molecule has 0 unspecified atom stereocenters. The molecule has 5 nitrogen and oxygen atoms in total. The number of rotatable bonds is 2. The van der Waals surface area contributed by atoms with E-state index < -0.39 is 0 Å². The van der Waals surface area contributed by atoms with Crippen LogP contribution in [-0.4, -0.2) is 42.2 Å². The summed E-state index contributed by atoms with van der Waals surface area (Å²) in [6.07, 6.45) is 1.03. The summed E-state index contributed by atoms with van der Waals surface area (Å²) in [5, 5.41) is 8.67. The number of nitrogens with one attached hydrogen (secondary N) is 1. The Morgan fingerprint density at radius 1 is 1.73 bits per heavy atom. The standard InChI is InChI=1S/C6H14N4O/c7-9-6-8-2-1-3-10(6)4-5-11/h11H,1-5,7H2,(H,8,9). The Kier molecular flexibility index (Phi) is 3.13. The molecule has 64 valence electrons.